The third kappa shape index (κ3) is 6.19. The summed E-state index contributed by atoms with van der Waals surface area (Å²) in [7, 11) is -0.600. The molecule has 0 radical (unpaired) electrons. The van der Waals surface area contributed by atoms with E-state index in [4.69, 9.17) is 14.2 Å². The molecule has 2 aliphatic heterocycles. The molecule has 0 spiro atoms. The first-order valence-corrected chi connectivity index (χ1v) is 15.1. The summed E-state index contributed by atoms with van der Waals surface area (Å²) >= 11 is 0. The van der Waals surface area contributed by atoms with Crippen molar-refractivity contribution in [1.82, 2.24) is 19.4 Å². The van der Waals surface area contributed by atoms with Gasteiger partial charge in [-0.1, -0.05) is 18.2 Å². The first-order chi connectivity index (χ1) is 19.7. The molecule has 1 N–H and O–H groups in total. The van der Waals surface area contributed by atoms with Crippen molar-refractivity contribution in [3.63, 3.8) is 0 Å². The van der Waals surface area contributed by atoms with Gasteiger partial charge in [-0.2, -0.15) is 4.31 Å². The Balaban J connectivity index is 1.70. The number of ether oxygens (including phenoxy) is 3. The first-order valence-electron chi connectivity index (χ1n) is 13.7. The van der Waals surface area contributed by atoms with Crippen molar-refractivity contribution in [2.75, 3.05) is 53.6 Å². The van der Waals surface area contributed by atoms with Crippen molar-refractivity contribution in [3.8, 4) is 11.5 Å². The van der Waals surface area contributed by atoms with E-state index >= 15 is 0 Å². The molecule has 2 atom stereocenters. The van der Waals surface area contributed by atoms with Crippen LogP contribution in [0.5, 0.6) is 11.5 Å². The quantitative estimate of drug-likeness (QED) is 0.423. The van der Waals surface area contributed by atoms with Gasteiger partial charge in [0.25, 0.3) is 0 Å². The van der Waals surface area contributed by atoms with E-state index in [0.29, 0.717) is 48.0 Å². The Morgan fingerprint density at radius 2 is 1.78 bits per heavy atom. The number of nitrogens with one attached hydrogen (secondary N) is 1. The molecule has 12 heteroatoms. The van der Waals surface area contributed by atoms with Crippen LogP contribution in [0, 0.1) is 0 Å². The summed E-state index contributed by atoms with van der Waals surface area (Å²) in [6, 6.07) is 12.1. The Labute approximate surface area is 241 Å². The van der Waals surface area contributed by atoms with Gasteiger partial charge in [-0.25, -0.2) is 18.0 Å². The molecule has 11 nitrogen and oxygen atoms in total. The van der Waals surface area contributed by atoms with Crippen LogP contribution in [0.2, 0.25) is 0 Å². The number of rotatable bonds is 10. The molecule has 2 aromatic carbocycles. The van der Waals surface area contributed by atoms with E-state index in [1.807, 2.05) is 13.8 Å². The summed E-state index contributed by atoms with van der Waals surface area (Å²) in [5, 5.41) is 2.96. The van der Waals surface area contributed by atoms with Gasteiger partial charge in [0.15, 0.2) is 0 Å². The average molecular weight is 587 g/mol. The van der Waals surface area contributed by atoms with E-state index in [1.165, 1.54) is 16.3 Å². The normalized spacial score (nSPS) is 20.5. The molecule has 2 aliphatic rings. The number of piperazine rings is 1. The third-order valence-corrected chi connectivity index (χ3v) is 9.40. The molecular weight excluding hydrogens is 548 g/mol. The Hall–Kier alpha value is -3.61. The van der Waals surface area contributed by atoms with E-state index in [2.05, 4.69) is 10.2 Å². The number of hydrogen-bond acceptors (Lipinski definition) is 8. The number of nitrogens with zero attached hydrogens (tertiary/aromatic N) is 3. The van der Waals surface area contributed by atoms with Crippen LogP contribution in [0.1, 0.15) is 32.4 Å². The van der Waals surface area contributed by atoms with Gasteiger partial charge < -0.3 is 19.5 Å². The van der Waals surface area contributed by atoms with Crippen LogP contribution in [-0.2, 0) is 19.6 Å². The minimum atomic E-state index is -3.66. The second-order valence-corrected chi connectivity index (χ2v) is 11.7. The maximum atomic E-state index is 13.5. The molecule has 2 aromatic rings. The summed E-state index contributed by atoms with van der Waals surface area (Å²) in [4.78, 5) is 30.7. The van der Waals surface area contributed by atoms with Gasteiger partial charge in [0.1, 0.15) is 11.5 Å². The smallest absolute Gasteiger partial charge is 0.338 e. The highest BCUT2D eigenvalue weighted by atomic mass is 32.2. The van der Waals surface area contributed by atoms with Gasteiger partial charge in [-0.15, -0.1) is 0 Å². The number of urea groups is 1. The van der Waals surface area contributed by atoms with Crippen LogP contribution in [0.4, 0.5) is 4.79 Å². The van der Waals surface area contributed by atoms with Crippen LogP contribution in [0.15, 0.2) is 64.7 Å². The molecule has 1 saturated heterocycles. The largest absolute Gasteiger partial charge is 0.497 e. The summed E-state index contributed by atoms with van der Waals surface area (Å²) in [6.45, 7) is 7.29. The lowest BCUT2D eigenvalue weighted by Gasteiger charge is -2.42. The van der Waals surface area contributed by atoms with E-state index in [9.17, 15) is 18.0 Å². The molecule has 0 aliphatic carbocycles. The number of methoxy groups -OCH3 is 2. The fourth-order valence-electron chi connectivity index (χ4n) is 5.40. The highest BCUT2D eigenvalue weighted by Gasteiger charge is 2.41. The van der Waals surface area contributed by atoms with Gasteiger partial charge in [0.05, 0.1) is 37.3 Å². The van der Waals surface area contributed by atoms with Gasteiger partial charge in [0.2, 0.25) is 10.0 Å². The van der Waals surface area contributed by atoms with Crippen LogP contribution in [-0.4, -0.2) is 94.1 Å². The van der Waals surface area contributed by atoms with Crippen molar-refractivity contribution in [2.45, 2.75) is 37.8 Å². The minimum Gasteiger partial charge on any atom is -0.497 e. The van der Waals surface area contributed by atoms with Crippen molar-refractivity contribution >= 4 is 22.0 Å². The number of carbonyl (C=O) groups is 2. The molecule has 4 rings (SSSR count). The summed E-state index contributed by atoms with van der Waals surface area (Å²) in [5.74, 6) is 0.485. The van der Waals surface area contributed by atoms with E-state index in [0.717, 1.165) is 0 Å². The number of carbonyl (C=O) groups excluding carboxylic acids is 2. The van der Waals surface area contributed by atoms with Crippen molar-refractivity contribution in [1.29, 1.82) is 0 Å². The zero-order chi connectivity index (χ0) is 29.7. The Morgan fingerprint density at radius 1 is 1.05 bits per heavy atom. The van der Waals surface area contributed by atoms with E-state index in [-0.39, 0.29) is 36.7 Å². The highest BCUT2D eigenvalue weighted by Crippen LogP contribution is 2.38. The third-order valence-electron chi connectivity index (χ3n) is 7.38. The van der Waals surface area contributed by atoms with E-state index < -0.39 is 22.0 Å². The minimum absolute atomic E-state index is 0.162. The van der Waals surface area contributed by atoms with Crippen molar-refractivity contribution in [3.05, 3.63) is 65.4 Å². The molecule has 2 amide bonds. The predicted octanol–water partition coefficient (Wildman–Crippen LogP) is 3.00. The number of likely N-dealkylation sites (N-methyl/N-ethyl adjacent to an activating group) is 1. The fraction of sp³-hybridized carbons (Fsp3) is 0.448. The first kappa shape index (κ1) is 30.4. The summed E-state index contributed by atoms with van der Waals surface area (Å²) in [5.41, 5.74) is 1.41. The number of esters is 1. The maximum Gasteiger partial charge on any atom is 0.338 e. The van der Waals surface area contributed by atoms with Gasteiger partial charge in [-0.05, 0) is 45.0 Å². The Morgan fingerprint density at radius 3 is 2.39 bits per heavy atom. The van der Waals surface area contributed by atoms with Gasteiger partial charge in [-0.3, -0.25) is 9.80 Å². The second-order valence-electron chi connectivity index (χ2n) is 9.83. The molecular formula is C29H38N4O7S. The van der Waals surface area contributed by atoms with E-state index in [1.54, 1.807) is 62.6 Å². The number of amides is 2. The van der Waals surface area contributed by atoms with Crippen LogP contribution in [0.25, 0.3) is 0 Å². The van der Waals surface area contributed by atoms with Crippen LogP contribution >= 0.6 is 0 Å². The second kappa shape index (κ2) is 12.9. The molecule has 41 heavy (non-hydrogen) atoms. The lowest BCUT2D eigenvalue weighted by Crippen LogP contribution is -2.56. The molecule has 1 fully saturated rings. The molecule has 0 bridgehead atoms. The molecule has 0 aromatic heterocycles. The average Bonchev–Trinajstić information content (AvgIpc) is 2.97. The zero-order valence-electron chi connectivity index (χ0n) is 24.1. The lowest BCUT2D eigenvalue weighted by atomic mass is 9.93. The number of sulfonamides is 1. The van der Waals surface area contributed by atoms with Crippen LogP contribution in [0.3, 0.4) is 0 Å². The fourth-order valence-corrected chi connectivity index (χ4v) is 7.04. The summed E-state index contributed by atoms with van der Waals surface area (Å²) < 4.78 is 44.5. The highest BCUT2D eigenvalue weighted by molar-refractivity contribution is 7.89. The zero-order valence-corrected chi connectivity index (χ0v) is 24.9. The lowest BCUT2D eigenvalue weighted by molar-refractivity contribution is -0.139. The number of benzene rings is 2. The topological polar surface area (TPSA) is 118 Å². The SMILES string of the molecule is CCOC(=O)C1=C(CN2CCN(S(=O)(=O)c3ccccc3)C(C)C2)N(CC)C(=O)NC1c1ccc(OC)cc1OC. The molecule has 2 unspecified atom stereocenters. The monoisotopic (exact) mass is 586 g/mol. The Bertz CT molecular complexity index is 1400. The standard InChI is InChI=1S/C29H38N4O7S/c1-6-32-24(19-31-15-16-33(20(3)18-31)41(36,37)22-11-9-8-10-12-22)26(28(34)40-7-2)27(30-29(32)35)23-14-13-21(38-4)17-25(23)39-5/h8-14,17,20,27H,6-7,15-16,18-19H2,1-5H3,(H,30,35). The molecule has 222 valence electrons. The number of hydrogen-bond donors (Lipinski definition) is 1. The molecule has 0 saturated carbocycles. The van der Waals surface area contributed by atoms with Crippen molar-refractivity contribution < 1.29 is 32.2 Å². The molecule has 2 heterocycles. The predicted molar refractivity (Wildman–Crippen MR) is 153 cm³/mol. The van der Waals surface area contributed by atoms with Crippen molar-refractivity contribution in [2.24, 2.45) is 0 Å². The van der Waals surface area contributed by atoms with Crippen LogP contribution < -0.4 is 14.8 Å². The van der Waals surface area contributed by atoms with Gasteiger partial charge in [0, 0.05) is 56.1 Å². The maximum absolute atomic E-state index is 13.5. The van der Waals surface area contributed by atoms with Gasteiger partial charge >= 0.3 is 12.0 Å². The summed E-state index contributed by atoms with van der Waals surface area (Å²) in [6.07, 6.45) is 0. The Kier molecular flexibility index (Phi) is 9.57.